The van der Waals surface area contributed by atoms with E-state index in [2.05, 4.69) is 29.6 Å². The van der Waals surface area contributed by atoms with Crippen LogP contribution in [-0.4, -0.2) is 10.5 Å². The maximum absolute atomic E-state index is 12.0. The van der Waals surface area contributed by atoms with Crippen LogP contribution in [0.2, 0.25) is 0 Å². The lowest BCUT2D eigenvalue weighted by molar-refractivity contribution is -0.122. The molecule has 0 aliphatic carbocycles. The summed E-state index contributed by atoms with van der Waals surface area (Å²) >= 11 is 1.09. The van der Waals surface area contributed by atoms with Gasteiger partial charge in [0.1, 0.15) is 6.54 Å². The van der Waals surface area contributed by atoms with Gasteiger partial charge in [-0.15, -0.1) is 0 Å². The van der Waals surface area contributed by atoms with E-state index in [4.69, 9.17) is 0 Å². The molecule has 0 aliphatic heterocycles. The Morgan fingerprint density at radius 3 is 2.73 bits per heavy atom. The summed E-state index contributed by atoms with van der Waals surface area (Å²) in [5.74, 6) is -0.166. The van der Waals surface area contributed by atoms with Crippen LogP contribution in [0, 0.1) is 0 Å². The van der Waals surface area contributed by atoms with Crippen LogP contribution in [0.5, 0.6) is 0 Å². The molecule has 0 fully saturated rings. The fourth-order valence-corrected chi connectivity index (χ4v) is 3.00. The van der Waals surface area contributed by atoms with E-state index in [0.29, 0.717) is 0 Å². The first-order valence-electron chi connectivity index (χ1n) is 7.05. The normalized spacial score (nSPS) is 12.2. The van der Waals surface area contributed by atoms with E-state index >= 15 is 0 Å². The van der Waals surface area contributed by atoms with Gasteiger partial charge in [0.25, 0.3) is 0 Å². The Labute approximate surface area is 132 Å². The number of carbonyl (C=O) groups excluding carboxylic acids is 1. The zero-order chi connectivity index (χ0) is 15.5. The van der Waals surface area contributed by atoms with Gasteiger partial charge < -0.3 is 5.32 Å². The van der Waals surface area contributed by atoms with Gasteiger partial charge in [-0.05, 0) is 29.3 Å². The molecule has 22 heavy (non-hydrogen) atoms. The van der Waals surface area contributed by atoms with Crippen LogP contribution in [0.3, 0.4) is 0 Å². The van der Waals surface area contributed by atoms with Crippen molar-refractivity contribution in [3.63, 3.8) is 0 Å². The number of fused-ring (bicyclic) bond motifs is 1. The summed E-state index contributed by atoms with van der Waals surface area (Å²) in [5, 5.41) is 6.94. The van der Waals surface area contributed by atoms with Crippen LogP contribution in [0.25, 0.3) is 10.8 Å². The molecule has 1 amide bonds. The zero-order valence-corrected chi connectivity index (χ0v) is 13.0. The van der Waals surface area contributed by atoms with Crippen LogP contribution >= 0.6 is 11.3 Å². The molecular weight excluding hydrogens is 296 g/mol. The highest BCUT2D eigenvalue weighted by molar-refractivity contribution is 7.07. The van der Waals surface area contributed by atoms with Gasteiger partial charge in [0.2, 0.25) is 5.91 Å². The fraction of sp³-hybridized carbons (Fsp3) is 0.176. The highest BCUT2D eigenvalue weighted by Crippen LogP contribution is 2.20. The van der Waals surface area contributed by atoms with Gasteiger partial charge in [-0.2, -0.15) is 0 Å². The highest BCUT2D eigenvalue weighted by Gasteiger charge is 2.11. The van der Waals surface area contributed by atoms with Crippen LogP contribution in [-0.2, 0) is 11.3 Å². The molecule has 112 valence electrons. The molecule has 4 nitrogen and oxygen atoms in total. The van der Waals surface area contributed by atoms with E-state index in [1.807, 2.05) is 25.1 Å². The Balaban J connectivity index is 1.72. The van der Waals surface area contributed by atoms with E-state index in [9.17, 15) is 9.59 Å². The molecule has 0 radical (unpaired) electrons. The van der Waals surface area contributed by atoms with E-state index in [1.54, 1.807) is 11.6 Å². The molecule has 5 heteroatoms. The van der Waals surface area contributed by atoms with Crippen molar-refractivity contribution in [2.75, 3.05) is 0 Å². The Morgan fingerprint density at radius 1 is 1.23 bits per heavy atom. The second kappa shape index (κ2) is 6.15. The number of nitrogens with one attached hydrogen (secondary N) is 1. The van der Waals surface area contributed by atoms with Crippen molar-refractivity contribution >= 4 is 28.0 Å². The predicted octanol–water partition coefficient (Wildman–Crippen LogP) is 2.94. The topological polar surface area (TPSA) is 51.1 Å². The fourth-order valence-electron chi connectivity index (χ4n) is 2.41. The highest BCUT2D eigenvalue weighted by atomic mass is 32.1. The van der Waals surface area contributed by atoms with E-state index < -0.39 is 0 Å². The largest absolute Gasteiger partial charge is 0.348 e. The number of amides is 1. The minimum Gasteiger partial charge on any atom is -0.348 e. The van der Waals surface area contributed by atoms with Gasteiger partial charge in [-0.25, -0.2) is 0 Å². The molecule has 2 aromatic carbocycles. The molecule has 0 aliphatic rings. The summed E-state index contributed by atoms with van der Waals surface area (Å²) in [6.07, 6.45) is 1.63. The van der Waals surface area contributed by atoms with Crippen molar-refractivity contribution in [2.45, 2.75) is 19.5 Å². The molecule has 0 saturated carbocycles. The van der Waals surface area contributed by atoms with E-state index in [1.165, 1.54) is 9.95 Å². The molecule has 0 saturated heterocycles. The quantitative estimate of drug-likeness (QED) is 0.805. The molecule has 3 rings (SSSR count). The van der Waals surface area contributed by atoms with Gasteiger partial charge in [0, 0.05) is 11.6 Å². The van der Waals surface area contributed by atoms with Crippen LogP contribution in [0.4, 0.5) is 0 Å². The maximum Gasteiger partial charge on any atom is 0.307 e. The summed E-state index contributed by atoms with van der Waals surface area (Å²) in [6.45, 7) is 2.00. The second-order valence-corrected chi connectivity index (χ2v) is 6.05. The van der Waals surface area contributed by atoms with Gasteiger partial charge in [-0.3, -0.25) is 14.2 Å². The van der Waals surface area contributed by atoms with Crippen molar-refractivity contribution < 1.29 is 4.79 Å². The number of hydrogen-bond acceptors (Lipinski definition) is 3. The number of thiazole rings is 1. The lowest BCUT2D eigenvalue weighted by Crippen LogP contribution is -2.32. The molecule has 1 heterocycles. The Hall–Kier alpha value is -2.40. The summed E-state index contributed by atoms with van der Waals surface area (Å²) < 4.78 is 1.41. The molecule has 1 aromatic heterocycles. The van der Waals surface area contributed by atoms with Crippen molar-refractivity contribution in [3.8, 4) is 0 Å². The monoisotopic (exact) mass is 312 g/mol. The number of benzene rings is 2. The van der Waals surface area contributed by atoms with Gasteiger partial charge in [0.05, 0.1) is 6.04 Å². The lowest BCUT2D eigenvalue weighted by Gasteiger charge is -2.15. The summed E-state index contributed by atoms with van der Waals surface area (Å²) in [5.41, 5.74) is 1.05. The second-order valence-electron chi connectivity index (χ2n) is 5.19. The van der Waals surface area contributed by atoms with Crippen molar-refractivity contribution in [1.82, 2.24) is 9.88 Å². The molecule has 1 unspecified atom stereocenters. The van der Waals surface area contributed by atoms with Crippen molar-refractivity contribution in [3.05, 3.63) is 69.3 Å². The van der Waals surface area contributed by atoms with Crippen LogP contribution in [0.1, 0.15) is 18.5 Å². The zero-order valence-electron chi connectivity index (χ0n) is 12.2. The Kier molecular flexibility index (Phi) is 4.06. The average molecular weight is 312 g/mol. The third-order valence-electron chi connectivity index (χ3n) is 3.61. The van der Waals surface area contributed by atoms with E-state index in [0.717, 1.165) is 22.3 Å². The van der Waals surface area contributed by atoms with Crippen molar-refractivity contribution in [2.24, 2.45) is 0 Å². The molecule has 1 N–H and O–H groups in total. The smallest absolute Gasteiger partial charge is 0.307 e. The number of rotatable bonds is 4. The third-order valence-corrected chi connectivity index (χ3v) is 4.30. The van der Waals surface area contributed by atoms with Crippen LogP contribution < -0.4 is 10.2 Å². The lowest BCUT2D eigenvalue weighted by atomic mass is 10.0. The molecule has 0 bridgehead atoms. The molecule has 3 aromatic rings. The average Bonchev–Trinajstić information content (AvgIpc) is 2.91. The third kappa shape index (κ3) is 3.09. The van der Waals surface area contributed by atoms with Gasteiger partial charge in [0.15, 0.2) is 0 Å². The minimum absolute atomic E-state index is 0.0558. The first-order valence-corrected chi connectivity index (χ1v) is 7.93. The minimum atomic E-state index is -0.166. The first-order chi connectivity index (χ1) is 10.6. The van der Waals surface area contributed by atoms with Gasteiger partial charge >= 0.3 is 4.87 Å². The molecule has 0 spiro atoms. The summed E-state index contributed by atoms with van der Waals surface area (Å²) in [4.78, 5) is 23.4. The van der Waals surface area contributed by atoms with Gasteiger partial charge in [-0.1, -0.05) is 47.7 Å². The SMILES string of the molecule is CC(NC(=O)Cn1ccsc1=O)c1ccc2ccccc2c1. The van der Waals surface area contributed by atoms with E-state index in [-0.39, 0.29) is 23.4 Å². The summed E-state index contributed by atoms with van der Waals surface area (Å²) in [7, 11) is 0. The Morgan fingerprint density at radius 2 is 2.00 bits per heavy atom. The number of aromatic nitrogens is 1. The molecule has 1 atom stereocenters. The summed E-state index contributed by atoms with van der Waals surface area (Å²) in [6, 6.07) is 14.2. The standard InChI is InChI=1S/C17H16N2O2S/c1-12(18-16(20)11-19-8-9-22-17(19)21)14-7-6-13-4-2-3-5-15(13)10-14/h2-10,12H,11H2,1H3,(H,18,20). The Bertz CT molecular complexity index is 866. The number of nitrogens with zero attached hydrogens (tertiary/aromatic N) is 1. The molecular formula is C17H16N2O2S. The first kappa shape index (κ1) is 14.5. The van der Waals surface area contributed by atoms with Crippen molar-refractivity contribution in [1.29, 1.82) is 0 Å². The number of carbonyl (C=O) groups is 1. The number of hydrogen-bond donors (Lipinski definition) is 1. The van der Waals surface area contributed by atoms with Crippen LogP contribution in [0.15, 0.2) is 58.8 Å². The maximum atomic E-state index is 12.0. The predicted molar refractivity (Wildman–Crippen MR) is 89.1 cm³/mol.